The minimum absolute atomic E-state index is 0.00819. The fourth-order valence-corrected chi connectivity index (χ4v) is 4.20. The quantitative estimate of drug-likeness (QED) is 0.196. The highest BCUT2D eigenvalue weighted by atomic mass is 16.6. The van der Waals surface area contributed by atoms with E-state index in [-0.39, 0.29) is 53.0 Å². The molecule has 41 heavy (non-hydrogen) atoms. The van der Waals surface area contributed by atoms with Crippen molar-refractivity contribution in [2.45, 2.75) is 45.4 Å². The Morgan fingerprint density at radius 1 is 1.17 bits per heavy atom. The number of nitro groups is 1. The van der Waals surface area contributed by atoms with Gasteiger partial charge in [0.1, 0.15) is 36.8 Å². The molecule has 0 fully saturated rings. The molecule has 0 spiro atoms. The number of allylic oxidation sites excluding steroid dienone is 2. The van der Waals surface area contributed by atoms with Crippen molar-refractivity contribution in [3.8, 4) is 11.8 Å². The van der Waals surface area contributed by atoms with Crippen molar-refractivity contribution in [1.82, 2.24) is 10.6 Å². The highest BCUT2D eigenvalue weighted by Crippen LogP contribution is 2.40. The second-order valence-electron chi connectivity index (χ2n) is 9.59. The van der Waals surface area contributed by atoms with Crippen LogP contribution < -0.4 is 15.4 Å². The fourth-order valence-electron chi connectivity index (χ4n) is 4.20. The van der Waals surface area contributed by atoms with Gasteiger partial charge in [-0.15, -0.1) is 0 Å². The molecule has 0 bridgehead atoms. The molecule has 1 aliphatic rings. The van der Waals surface area contributed by atoms with E-state index in [0.717, 1.165) is 7.11 Å². The van der Waals surface area contributed by atoms with Crippen molar-refractivity contribution in [3.05, 3.63) is 92.3 Å². The number of carbonyl (C=O) groups excluding carboxylic acids is 2. The molecule has 0 aliphatic carbocycles. The second-order valence-corrected chi connectivity index (χ2v) is 9.59. The zero-order valence-electron chi connectivity index (χ0n) is 23.2. The first-order valence-electron chi connectivity index (χ1n) is 12.8. The number of nitrogens with zero attached hydrogens (tertiary/aromatic N) is 2. The Kier molecular flexibility index (Phi) is 10.6. The van der Waals surface area contributed by atoms with Gasteiger partial charge in [-0.1, -0.05) is 38.1 Å². The number of non-ortho nitro benzene ring substituents is 1. The van der Waals surface area contributed by atoms with Gasteiger partial charge in [0.25, 0.3) is 5.69 Å². The first-order valence-corrected chi connectivity index (χ1v) is 12.8. The molecule has 12 nitrogen and oxygen atoms in total. The van der Waals surface area contributed by atoms with Crippen LogP contribution in [-0.2, 0) is 25.7 Å². The van der Waals surface area contributed by atoms with Gasteiger partial charge in [0.2, 0.25) is 0 Å². The molecule has 0 aromatic heterocycles. The summed E-state index contributed by atoms with van der Waals surface area (Å²) in [5, 5.41) is 37.0. The van der Waals surface area contributed by atoms with Crippen LogP contribution in [0.15, 0.2) is 71.1 Å². The normalized spacial score (nSPS) is 15.6. The van der Waals surface area contributed by atoms with E-state index in [1.54, 1.807) is 31.2 Å². The van der Waals surface area contributed by atoms with Crippen LogP contribution in [0.4, 0.5) is 5.69 Å². The van der Waals surface area contributed by atoms with E-state index >= 15 is 0 Å². The minimum atomic E-state index is -1.15. The van der Waals surface area contributed by atoms with E-state index in [1.807, 2.05) is 19.9 Å². The summed E-state index contributed by atoms with van der Waals surface area (Å²) in [6.07, 6.45) is -0.678. The molecule has 1 heterocycles. The topological polar surface area (TPSA) is 173 Å². The largest absolute Gasteiger partial charge is 0.491 e. The van der Waals surface area contributed by atoms with Crippen LogP contribution in [0.3, 0.4) is 0 Å². The van der Waals surface area contributed by atoms with Gasteiger partial charge in [-0.05, 0) is 30.2 Å². The van der Waals surface area contributed by atoms with Gasteiger partial charge in [0.15, 0.2) is 0 Å². The maximum absolute atomic E-state index is 13.4. The van der Waals surface area contributed by atoms with E-state index in [2.05, 4.69) is 10.6 Å². The van der Waals surface area contributed by atoms with E-state index in [4.69, 9.17) is 14.2 Å². The molecule has 0 radical (unpaired) electrons. The van der Waals surface area contributed by atoms with E-state index < -0.39 is 28.9 Å². The molecule has 3 rings (SSSR count). The average molecular weight is 565 g/mol. The highest BCUT2D eigenvalue weighted by molar-refractivity contribution is 6.00. The van der Waals surface area contributed by atoms with E-state index in [9.17, 15) is 30.1 Å². The number of hydrogen-bond acceptors (Lipinski definition) is 11. The van der Waals surface area contributed by atoms with Gasteiger partial charge in [0, 0.05) is 30.4 Å². The lowest BCUT2D eigenvalue weighted by Gasteiger charge is -2.29. The molecule has 3 N–H and O–H groups in total. The predicted molar refractivity (Wildman–Crippen MR) is 147 cm³/mol. The predicted octanol–water partition coefficient (Wildman–Crippen LogP) is 2.99. The fraction of sp³-hybridized carbons (Fsp3) is 0.345. The number of ether oxygens (including phenoxy) is 3. The van der Waals surface area contributed by atoms with Crippen LogP contribution in [0, 0.1) is 21.4 Å². The number of benzene rings is 2. The number of nitriles is 1. The lowest BCUT2D eigenvalue weighted by molar-refractivity contribution is -0.384. The van der Waals surface area contributed by atoms with Gasteiger partial charge >= 0.3 is 11.9 Å². The molecule has 0 saturated heterocycles. The number of nitrogens with one attached hydrogen (secondary N) is 2. The number of aliphatic hydroxyl groups excluding tert-OH is 1. The summed E-state index contributed by atoms with van der Waals surface area (Å²) in [6, 6.07) is 14.4. The molecule has 2 atom stereocenters. The maximum atomic E-state index is 13.4. The number of rotatable bonds is 12. The van der Waals surface area contributed by atoms with Crippen molar-refractivity contribution in [1.29, 1.82) is 5.26 Å². The van der Waals surface area contributed by atoms with Crippen molar-refractivity contribution in [3.63, 3.8) is 0 Å². The molecule has 216 valence electrons. The number of dihydropyridines is 1. The Morgan fingerprint density at radius 2 is 1.88 bits per heavy atom. The van der Waals surface area contributed by atoms with Crippen LogP contribution in [0.2, 0.25) is 0 Å². The van der Waals surface area contributed by atoms with Crippen LogP contribution in [0.25, 0.3) is 0 Å². The third-order valence-corrected chi connectivity index (χ3v) is 6.21. The number of aliphatic hydroxyl groups is 1. The van der Waals surface area contributed by atoms with Crippen molar-refractivity contribution in [2.75, 3.05) is 20.3 Å². The number of carbonyl (C=O) groups is 2. The number of hydrogen-bond donors (Lipinski definition) is 3. The summed E-state index contributed by atoms with van der Waals surface area (Å²) in [6.45, 7) is 5.89. The van der Waals surface area contributed by atoms with Gasteiger partial charge in [-0.25, -0.2) is 9.59 Å². The number of nitro benzene ring substituents is 1. The first-order chi connectivity index (χ1) is 19.5. The molecule has 2 unspecified atom stereocenters. The lowest BCUT2D eigenvalue weighted by Crippen LogP contribution is -2.35. The molecule has 2 aromatic carbocycles. The number of methoxy groups -OCH3 is 1. The Morgan fingerprint density at radius 3 is 2.49 bits per heavy atom. The smallest absolute Gasteiger partial charge is 0.337 e. The standard InChI is InChI=1S/C29H32N4O8/c1-17(2)31-14-22(34)16-40-23-10-8-19(9-11-23)15-41-29(36)25-18(3)32-24(13-30)27(28(35)39-4)26(25)20-6-5-7-21(12-20)33(37)38/h5-12,17,22,26,31-32,34H,14-16H2,1-4H3. The molecular weight excluding hydrogens is 532 g/mol. The van der Waals surface area contributed by atoms with Crippen molar-refractivity contribution >= 4 is 17.6 Å². The van der Waals surface area contributed by atoms with E-state index in [0.29, 0.717) is 17.9 Å². The first kappa shape index (κ1) is 30.8. The molecule has 2 aromatic rings. The van der Waals surface area contributed by atoms with Gasteiger partial charge in [-0.3, -0.25) is 10.1 Å². The Balaban J connectivity index is 1.80. The van der Waals surface area contributed by atoms with Crippen LogP contribution in [0.1, 0.15) is 37.8 Å². The summed E-state index contributed by atoms with van der Waals surface area (Å²) in [7, 11) is 1.13. The lowest BCUT2D eigenvalue weighted by atomic mass is 9.80. The van der Waals surface area contributed by atoms with Crippen LogP contribution in [-0.4, -0.2) is 54.4 Å². The molecule has 0 amide bonds. The molecule has 1 aliphatic heterocycles. The van der Waals surface area contributed by atoms with Crippen LogP contribution in [0.5, 0.6) is 5.75 Å². The zero-order valence-corrected chi connectivity index (χ0v) is 23.2. The average Bonchev–Trinajstić information content (AvgIpc) is 2.97. The Labute approximate surface area is 237 Å². The molecule has 12 heteroatoms. The second kappa shape index (κ2) is 14.1. The summed E-state index contributed by atoms with van der Waals surface area (Å²) >= 11 is 0. The van der Waals surface area contributed by atoms with Crippen LogP contribution >= 0.6 is 0 Å². The zero-order chi connectivity index (χ0) is 30.1. The summed E-state index contributed by atoms with van der Waals surface area (Å²) < 4.78 is 16.1. The Bertz CT molecular complexity index is 1390. The minimum Gasteiger partial charge on any atom is -0.491 e. The number of esters is 2. The van der Waals surface area contributed by atoms with Gasteiger partial charge in [0.05, 0.1) is 29.1 Å². The molecular formula is C29H32N4O8. The summed E-state index contributed by atoms with van der Waals surface area (Å²) in [5.41, 5.74) is 0.595. The third kappa shape index (κ3) is 7.91. The monoisotopic (exact) mass is 564 g/mol. The third-order valence-electron chi connectivity index (χ3n) is 6.21. The van der Waals surface area contributed by atoms with Gasteiger partial charge in [-0.2, -0.15) is 5.26 Å². The maximum Gasteiger partial charge on any atom is 0.337 e. The SMILES string of the molecule is COC(=O)C1=C(C#N)NC(C)=C(C(=O)OCc2ccc(OCC(O)CNC(C)C)cc2)C1c1cccc([N+](=O)[O-])c1. The molecule has 0 saturated carbocycles. The summed E-state index contributed by atoms with van der Waals surface area (Å²) in [4.78, 5) is 37.0. The van der Waals surface area contributed by atoms with Crippen molar-refractivity contribution in [2.24, 2.45) is 0 Å². The highest BCUT2D eigenvalue weighted by Gasteiger charge is 2.39. The summed E-state index contributed by atoms with van der Waals surface area (Å²) in [5.74, 6) is -2.28. The van der Waals surface area contributed by atoms with Gasteiger partial charge < -0.3 is 30.0 Å². The van der Waals surface area contributed by atoms with E-state index in [1.165, 1.54) is 24.3 Å². The van der Waals surface area contributed by atoms with Crippen molar-refractivity contribution < 1.29 is 33.8 Å². The Hall–Kier alpha value is -4.73.